The maximum atomic E-state index is 2.36. The van der Waals surface area contributed by atoms with Gasteiger partial charge in [-0.1, -0.05) is 182 Å². The van der Waals surface area contributed by atoms with Crippen LogP contribution in [0.5, 0.6) is 0 Å². The van der Waals surface area contributed by atoms with Crippen molar-refractivity contribution in [3.63, 3.8) is 0 Å². The van der Waals surface area contributed by atoms with E-state index in [0.717, 1.165) is 0 Å². The molecule has 1 radical (unpaired) electrons. The Kier molecular flexibility index (Phi) is 15.0. The second-order valence-electron chi connectivity index (χ2n) is 11.3. The number of benzene rings is 6. The van der Waals surface area contributed by atoms with E-state index in [2.05, 4.69) is 182 Å². The van der Waals surface area contributed by atoms with Gasteiger partial charge in [0.1, 0.15) is 0 Å². The summed E-state index contributed by atoms with van der Waals surface area (Å²) >= 11 is 0. The smallest absolute Gasteiger partial charge is 0 e. The van der Waals surface area contributed by atoms with Crippen molar-refractivity contribution in [2.45, 2.75) is 0 Å². The van der Waals surface area contributed by atoms with Gasteiger partial charge in [0.25, 0.3) is 0 Å². The maximum Gasteiger partial charge on any atom is 0 e. The minimum atomic E-state index is -0.384. The van der Waals surface area contributed by atoms with E-state index < -0.39 is 0 Å². The average Bonchev–Trinajstić information content (AvgIpc) is 3.14. The van der Waals surface area contributed by atoms with Gasteiger partial charge >= 0.3 is 0 Å². The summed E-state index contributed by atoms with van der Waals surface area (Å²) in [5, 5.41) is 9.03. The second kappa shape index (κ2) is 19.6. The van der Waals surface area contributed by atoms with Gasteiger partial charge in [0.2, 0.25) is 0 Å². The zero-order chi connectivity index (χ0) is 31.2. The monoisotopic (exact) mass is 773 g/mol. The fourth-order valence-electron chi connectivity index (χ4n) is 5.93. The van der Waals surface area contributed by atoms with Crippen LogP contribution >= 0.6 is 31.7 Å². The van der Waals surface area contributed by atoms with Gasteiger partial charge in [-0.15, -0.1) is 7.92 Å². The Balaban J connectivity index is 0.00000433. The van der Waals surface area contributed by atoms with E-state index in [1.54, 1.807) is 0 Å². The van der Waals surface area contributed by atoms with Crippen molar-refractivity contribution >= 4 is 63.5 Å². The van der Waals surface area contributed by atoms with Crippen LogP contribution in [0.4, 0.5) is 0 Å². The van der Waals surface area contributed by atoms with Crippen molar-refractivity contribution < 1.29 is 19.5 Å². The molecule has 0 atom stereocenters. The zero-order valence-corrected chi connectivity index (χ0v) is 31.9. The van der Waals surface area contributed by atoms with Gasteiger partial charge in [0.05, 0.1) is 0 Å². The predicted octanol–water partition coefficient (Wildman–Crippen LogP) is 8.86. The molecule has 0 saturated heterocycles. The van der Waals surface area contributed by atoms with Crippen LogP contribution in [0.15, 0.2) is 182 Å². The zero-order valence-electron chi connectivity index (χ0n) is 26.7. The van der Waals surface area contributed by atoms with Gasteiger partial charge < -0.3 is 0 Å². The van der Waals surface area contributed by atoms with Crippen LogP contribution in [-0.4, -0.2) is 37.0 Å². The van der Waals surface area contributed by atoms with Gasteiger partial charge in [-0.05, 0) is 92.6 Å². The Morgan fingerprint density at radius 3 is 0.574 bits per heavy atom. The van der Waals surface area contributed by atoms with E-state index in [4.69, 9.17) is 0 Å². The molecule has 6 aromatic rings. The largest absolute Gasteiger partial charge is 0.106 e. The van der Waals surface area contributed by atoms with Crippen molar-refractivity contribution in [3.8, 4) is 0 Å². The quantitative estimate of drug-likeness (QED) is 0.0723. The summed E-state index contributed by atoms with van der Waals surface area (Å²) in [6, 6.07) is 67.8. The molecular formula is C42H42P4Rh. The molecule has 6 aromatic carbocycles. The SMILES string of the molecule is [Rh].c1ccc(P(CCP(CCP(c2ccccc2)c2ccccc2)CCP(c2ccccc2)c2ccccc2)c2ccccc2)cc1. The second-order valence-corrected chi connectivity index (χ2v) is 21.0. The fraction of sp³-hybridized carbons (Fsp3) is 0.143. The summed E-state index contributed by atoms with van der Waals surface area (Å²) in [5.41, 5.74) is 0. The molecule has 0 saturated carbocycles. The van der Waals surface area contributed by atoms with Gasteiger partial charge in [-0.3, -0.25) is 0 Å². The molecule has 5 heteroatoms. The summed E-state index contributed by atoms with van der Waals surface area (Å²) in [6.07, 6.45) is 7.76. The Labute approximate surface area is 300 Å². The molecule has 0 aromatic heterocycles. The first-order valence-corrected chi connectivity index (χ1v) is 22.7. The molecular weight excluding hydrogens is 731 g/mol. The summed E-state index contributed by atoms with van der Waals surface area (Å²) < 4.78 is 0. The first-order chi connectivity index (χ1) is 22.8. The minimum Gasteiger partial charge on any atom is -0.106 e. The first-order valence-electron chi connectivity index (χ1n) is 16.2. The molecule has 47 heavy (non-hydrogen) atoms. The topological polar surface area (TPSA) is 0 Å². The fourth-order valence-corrected chi connectivity index (χ4v) is 18.0. The van der Waals surface area contributed by atoms with Crippen LogP contribution in [-0.2, 0) is 19.5 Å². The van der Waals surface area contributed by atoms with E-state index in [1.165, 1.54) is 68.8 Å². The minimum absolute atomic E-state index is 0. The Hall–Kier alpha value is -2.34. The summed E-state index contributed by atoms with van der Waals surface area (Å²) in [6.45, 7) is 0. The van der Waals surface area contributed by atoms with Crippen molar-refractivity contribution in [3.05, 3.63) is 182 Å². The Morgan fingerprint density at radius 1 is 0.234 bits per heavy atom. The molecule has 0 spiro atoms. The molecule has 0 aliphatic rings. The van der Waals surface area contributed by atoms with Gasteiger partial charge in [0, 0.05) is 19.5 Å². The summed E-state index contributed by atoms with van der Waals surface area (Å²) in [5.74, 6) is 0. The maximum absolute atomic E-state index is 2.36. The third-order valence-electron chi connectivity index (χ3n) is 8.33. The third-order valence-corrected chi connectivity index (χ3v) is 19.5. The van der Waals surface area contributed by atoms with Crippen molar-refractivity contribution in [2.75, 3.05) is 37.0 Å². The van der Waals surface area contributed by atoms with Crippen LogP contribution in [0.2, 0.25) is 0 Å². The van der Waals surface area contributed by atoms with E-state index in [0.29, 0.717) is 0 Å². The van der Waals surface area contributed by atoms with Crippen LogP contribution in [0.1, 0.15) is 0 Å². The first kappa shape index (κ1) is 36.0. The Bertz CT molecular complexity index is 1360. The van der Waals surface area contributed by atoms with Crippen molar-refractivity contribution in [2.24, 2.45) is 0 Å². The number of rotatable bonds is 15. The molecule has 0 bridgehead atoms. The van der Waals surface area contributed by atoms with E-state index in [1.807, 2.05) is 0 Å². The van der Waals surface area contributed by atoms with Crippen LogP contribution in [0.3, 0.4) is 0 Å². The van der Waals surface area contributed by atoms with Crippen molar-refractivity contribution in [1.82, 2.24) is 0 Å². The van der Waals surface area contributed by atoms with Crippen LogP contribution in [0.25, 0.3) is 0 Å². The van der Waals surface area contributed by atoms with Crippen molar-refractivity contribution in [1.29, 1.82) is 0 Å². The Morgan fingerprint density at radius 2 is 0.404 bits per heavy atom. The van der Waals surface area contributed by atoms with Gasteiger partial charge in [-0.25, -0.2) is 0 Å². The molecule has 6 rings (SSSR count). The number of hydrogen-bond acceptors (Lipinski definition) is 0. The standard InChI is InChI=1S/C42H42P4.Rh/c1-7-19-37(20-8-1)44(38-21-9-2-10-22-38)34-31-43(32-35-45(39-23-11-3-12-24-39)40-25-13-4-14-26-40)33-36-46(41-27-15-5-16-28-41)42-29-17-6-18-30-42;/h1-30H,31-36H2;. The van der Waals surface area contributed by atoms with E-state index in [-0.39, 0.29) is 51.2 Å². The number of hydrogen-bond donors (Lipinski definition) is 0. The van der Waals surface area contributed by atoms with Crippen LogP contribution < -0.4 is 31.8 Å². The molecule has 0 heterocycles. The third kappa shape index (κ3) is 10.6. The molecule has 0 aliphatic heterocycles. The predicted molar refractivity (Wildman–Crippen MR) is 213 cm³/mol. The van der Waals surface area contributed by atoms with E-state index >= 15 is 0 Å². The molecule has 0 fully saturated rings. The average molecular weight is 774 g/mol. The molecule has 0 N–H and O–H groups in total. The molecule has 0 nitrogen and oxygen atoms in total. The van der Waals surface area contributed by atoms with E-state index in [9.17, 15) is 0 Å². The van der Waals surface area contributed by atoms with Gasteiger partial charge in [0.15, 0.2) is 0 Å². The molecule has 0 aliphatic carbocycles. The molecule has 0 unspecified atom stereocenters. The normalized spacial score (nSPS) is 11.2. The summed E-state index contributed by atoms with van der Waals surface area (Å²) in [4.78, 5) is 0. The molecule has 239 valence electrons. The van der Waals surface area contributed by atoms with Crippen LogP contribution in [0, 0.1) is 0 Å². The summed E-state index contributed by atoms with van der Waals surface area (Å²) in [7, 11) is -1.30. The molecule has 0 amide bonds. The van der Waals surface area contributed by atoms with Gasteiger partial charge in [-0.2, -0.15) is 0 Å².